The highest BCUT2D eigenvalue weighted by molar-refractivity contribution is 7.89. The molecule has 2 heterocycles. The van der Waals surface area contributed by atoms with Gasteiger partial charge < -0.3 is 5.32 Å². The van der Waals surface area contributed by atoms with Crippen LogP contribution in [0.2, 0.25) is 0 Å². The number of anilines is 2. The van der Waals surface area contributed by atoms with Crippen molar-refractivity contribution in [3.63, 3.8) is 0 Å². The summed E-state index contributed by atoms with van der Waals surface area (Å²) in [7, 11) is -3.69. The van der Waals surface area contributed by atoms with Crippen molar-refractivity contribution in [1.29, 1.82) is 0 Å². The molecule has 0 radical (unpaired) electrons. The summed E-state index contributed by atoms with van der Waals surface area (Å²) >= 11 is 0. The Labute approximate surface area is 120 Å². The third-order valence-corrected chi connectivity index (χ3v) is 3.89. The number of rotatable bonds is 3. The second-order valence-corrected chi connectivity index (χ2v) is 6.02. The molecule has 0 saturated heterocycles. The molecule has 8 nitrogen and oxygen atoms in total. The summed E-state index contributed by atoms with van der Waals surface area (Å²) in [5, 5.41) is 15.1. The summed E-state index contributed by atoms with van der Waals surface area (Å²) < 4.78 is 22.4. The zero-order chi connectivity index (χ0) is 15.0. The van der Waals surface area contributed by atoms with E-state index in [0.717, 1.165) is 11.2 Å². The highest BCUT2D eigenvalue weighted by Gasteiger charge is 2.10. The summed E-state index contributed by atoms with van der Waals surface area (Å²) in [5.41, 5.74) is 2.86. The number of nitrogens with one attached hydrogen (secondary N) is 2. The van der Waals surface area contributed by atoms with E-state index in [4.69, 9.17) is 5.14 Å². The van der Waals surface area contributed by atoms with Gasteiger partial charge in [0.15, 0.2) is 11.3 Å². The first-order valence-corrected chi connectivity index (χ1v) is 7.55. The number of H-pyrrole nitrogens is 1. The van der Waals surface area contributed by atoms with Gasteiger partial charge in [-0.2, -0.15) is 5.10 Å². The van der Waals surface area contributed by atoms with Crippen LogP contribution in [0.3, 0.4) is 0 Å². The van der Waals surface area contributed by atoms with Gasteiger partial charge in [-0.1, -0.05) is 0 Å². The minimum absolute atomic E-state index is 0.0523. The van der Waals surface area contributed by atoms with E-state index in [-0.39, 0.29) is 4.90 Å². The maximum absolute atomic E-state index is 11.2. The van der Waals surface area contributed by atoms with Gasteiger partial charge in [0.25, 0.3) is 0 Å². The summed E-state index contributed by atoms with van der Waals surface area (Å²) in [5.74, 6) is 0.535. The molecule has 1 aromatic carbocycles. The molecule has 0 aliphatic rings. The molecule has 0 saturated carbocycles. The molecule has 0 bridgehead atoms. The van der Waals surface area contributed by atoms with E-state index < -0.39 is 10.0 Å². The lowest BCUT2D eigenvalue weighted by molar-refractivity contribution is 0.598. The van der Waals surface area contributed by atoms with Crippen molar-refractivity contribution in [2.75, 3.05) is 5.32 Å². The molecule has 0 aliphatic carbocycles. The zero-order valence-corrected chi connectivity index (χ0v) is 11.8. The van der Waals surface area contributed by atoms with Crippen molar-refractivity contribution in [3.05, 3.63) is 36.3 Å². The van der Waals surface area contributed by atoms with E-state index in [9.17, 15) is 8.42 Å². The predicted octanol–water partition coefficient (Wildman–Crippen LogP) is 1.05. The van der Waals surface area contributed by atoms with E-state index in [0.29, 0.717) is 17.0 Å². The minimum Gasteiger partial charge on any atom is -0.338 e. The largest absolute Gasteiger partial charge is 0.338 e. The van der Waals surface area contributed by atoms with Crippen molar-refractivity contribution in [2.45, 2.75) is 11.8 Å². The van der Waals surface area contributed by atoms with E-state index >= 15 is 0 Å². The van der Waals surface area contributed by atoms with Gasteiger partial charge in [0.2, 0.25) is 10.0 Å². The van der Waals surface area contributed by atoms with E-state index in [2.05, 4.69) is 25.5 Å². The molecule has 3 rings (SSSR count). The highest BCUT2D eigenvalue weighted by Crippen LogP contribution is 2.23. The van der Waals surface area contributed by atoms with Gasteiger partial charge in [-0.15, -0.1) is 0 Å². The van der Waals surface area contributed by atoms with E-state index in [1.165, 1.54) is 18.5 Å². The number of fused-ring (bicyclic) bond motifs is 1. The van der Waals surface area contributed by atoms with Gasteiger partial charge in [0.05, 0.1) is 10.6 Å². The topological polar surface area (TPSA) is 127 Å². The van der Waals surface area contributed by atoms with Gasteiger partial charge in [-0.05, 0) is 31.2 Å². The molecule has 9 heteroatoms. The van der Waals surface area contributed by atoms with Crippen LogP contribution in [0, 0.1) is 6.92 Å². The molecule has 0 fully saturated rings. The summed E-state index contributed by atoms with van der Waals surface area (Å²) in [6, 6.07) is 6.05. The lowest BCUT2D eigenvalue weighted by Gasteiger charge is -2.06. The van der Waals surface area contributed by atoms with Crippen LogP contribution >= 0.6 is 0 Å². The van der Waals surface area contributed by atoms with Crippen molar-refractivity contribution < 1.29 is 8.42 Å². The number of hydrogen-bond acceptors (Lipinski definition) is 6. The molecule has 0 atom stereocenters. The maximum Gasteiger partial charge on any atom is 0.238 e. The SMILES string of the molecule is Cc1[nH]nc2c(Nc3ccc(S(N)(=O)=O)cc3)ncnc12. The molecule has 3 aromatic rings. The fourth-order valence-electron chi connectivity index (χ4n) is 1.91. The van der Waals surface area contributed by atoms with Crippen LogP contribution < -0.4 is 10.5 Å². The van der Waals surface area contributed by atoms with Crippen molar-refractivity contribution in [3.8, 4) is 0 Å². The molecule has 0 aliphatic heterocycles. The number of hydrogen-bond donors (Lipinski definition) is 3. The monoisotopic (exact) mass is 304 g/mol. The fourth-order valence-corrected chi connectivity index (χ4v) is 2.42. The maximum atomic E-state index is 11.2. The van der Waals surface area contributed by atoms with Gasteiger partial charge in [0.1, 0.15) is 11.8 Å². The Balaban J connectivity index is 1.95. The number of nitrogens with zero attached hydrogens (tertiary/aromatic N) is 3. The number of primary sulfonamides is 1. The molecule has 0 unspecified atom stereocenters. The lowest BCUT2D eigenvalue weighted by Crippen LogP contribution is -2.11. The van der Waals surface area contributed by atoms with Gasteiger partial charge in [-0.3, -0.25) is 5.10 Å². The van der Waals surface area contributed by atoms with E-state index in [1.807, 2.05) is 6.92 Å². The summed E-state index contributed by atoms with van der Waals surface area (Å²) in [6.07, 6.45) is 1.44. The Hall–Kier alpha value is -2.52. The normalized spacial score (nSPS) is 11.7. The Bertz CT molecular complexity index is 901. The van der Waals surface area contributed by atoms with Gasteiger partial charge >= 0.3 is 0 Å². The molecule has 108 valence electrons. The number of nitrogens with two attached hydrogens (primary N) is 1. The smallest absolute Gasteiger partial charge is 0.238 e. The number of sulfonamides is 1. The highest BCUT2D eigenvalue weighted by atomic mass is 32.2. The quantitative estimate of drug-likeness (QED) is 0.664. The van der Waals surface area contributed by atoms with Crippen LogP contribution in [0.5, 0.6) is 0 Å². The molecule has 2 aromatic heterocycles. The second kappa shape index (κ2) is 4.79. The number of aromatic amines is 1. The van der Waals surface area contributed by atoms with Crippen LogP contribution in [0.4, 0.5) is 11.5 Å². The van der Waals surface area contributed by atoms with E-state index in [1.54, 1.807) is 12.1 Å². The number of benzene rings is 1. The Kier molecular flexibility index (Phi) is 3.07. The Morgan fingerprint density at radius 3 is 2.52 bits per heavy atom. The van der Waals surface area contributed by atoms with Gasteiger partial charge in [-0.25, -0.2) is 23.5 Å². The average Bonchev–Trinajstić information content (AvgIpc) is 2.82. The number of aromatic nitrogens is 4. The van der Waals surface area contributed by atoms with Crippen LogP contribution in [-0.2, 0) is 10.0 Å². The van der Waals surface area contributed by atoms with Crippen LogP contribution in [-0.4, -0.2) is 28.6 Å². The first kappa shape index (κ1) is 13.5. The third-order valence-electron chi connectivity index (χ3n) is 2.96. The number of aryl methyl sites for hydroxylation is 1. The van der Waals surface area contributed by atoms with Gasteiger partial charge in [0, 0.05) is 5.69 Å². The Morgan fingerprint density at radius 2 is 1.86 bits per heavy atom. The molecular formula is C12H12N6O2S. The average molecular weight is 304 g/mol. The Morgan fingerprint density at radius 1 is 1.14 bits per heavy atom. The molecule has 0 spiro atoms. The third kappa shape index (κ3) is 2.56. The van der Waals surface area contributed by atoms with Crippen molar-refractivity contribution >= 4 is 32.6 Å². The predicted molar refractivity (Wildman–Crippen MR) is 77.5 cm³/mol. The first-order chi connectivity index (χ1) is 9.95. The molecule has 21 heavy (non-hydrogen) atoms. The minimum atomic E-state index is -3.69. The standard InChI is InChI=1S/C12H12N6O2S/c1-7-10-11(18-17-7)12(15-6-14-10)16-8-2-4-9(5-3-8)21(13,19)20/h2-6H,1H3,(H,17,18)(H2,13,19,20)(H,14,15,16). The van der Waals surface area contributed by atoms with Crippen LogP contribution in [0.15, 0.2) is 35.5 Å². The van der Waals surface area contributed by atoms with Crippen molar-refractivity contribution in [2.24, 2.45) is 5.14 Å². The fraction of sp³-hybridized carbons (Fsp3) is 0.0833. The molecule has 4 N–H and O–H groups in total. The summed E-state index contributed by atoms with van der Waals surface area (Å²) in [4.78, 5) is 8.34. The first-order valence-electron chi connectivity index (χ1n) is 6.01. The zero-order valence-electron chi connectivity index (χ0n) is 11.0. The molecular weight excluding hydrogens is 292 g/mol. The van der Waals surface area contributed by atoms with Crippen molar-refractivity contribution in [1.82, 2.24) is 20.2 Å². The lowest BCUT2D eigenvalue weighted by atomic mass is 10.3. The molecule has 0 amide bonds. The second-order valence-electron chi connectivity index (χ2n) is 4.46. The summed E-state index contributed by atoms with van der Waals surface area (Å²) in [6.45, 7) is 1.87. The van der Waals surface area contributed by atoms with Crippen LogP contribution in [0.1, 0.15) is 5.69 Å². The van der Waals surface area contributed by atoms with Crippen LogP contribution in [0.25, 0.3) is 11.0 Å².